The molecule has 64 heavy (non-hydrogen) atoms. The van der Waals surface area contributed by atoms with Crippen LogP contribution in [0, 0.1) is 0 Å². The largest absolute Gasteiger partial charge is 0.228 e. The Morgan fingerprint density at radius 3 is 1.20 bits per heavy atom. The molecule has 0 bridgehead atoms. The SMILES string of the molecule is CC1(C)c2ccccc2C2(c3ccc(-c4cc(-c5ccccc5)cc(-c5ccccc5)c4)cc3-c3c(-c4nc(-c5ccccc5)cc(-c5ccccc5)n4)cccc32)c2ccccc21. The molecule has 0 N–H and O–H groups in total. The first-order valence-corrected chi connectivity index (χ1v) is 22.2. The first-order chi connectivity index (χ1) is 31.5. The molecule has 2 heteroatoms. The highest BCUT2D eigenvalue weighted by Gasteiger charge is 2.53. The first-order valence-electron chi connectivity index (χ1n) is 22.2. The molecule has 2 nitrogen and oxygen atoms in total. The van der Waals surface area contributed by atoms with Crippen molar-refractivity contribution in [2.75, 3.05) is 0 Å². The van der Waals surface area contributed by atoms with Gasteiger partial charge in [0.25, 0.3) is 0 Å². The molecule has 10 aromatic rings. The zero-order chi connectivity index (χ0) is 42.8. The highest BCUT2D eigenvalue weighted by molar-refractivity contribution is 5.97. The van der Waals surface area contributed by atoms with Gasteiger partial charge in [0.1, 0.15) is 0 Å². The third-order valence-electron chi connectivity index (χ3n) is 13.8. The zero-order valence-corrected chi connectivity index (χ0v) is 35.8. The average Bonchev–Trinajstić information content (AvgIpc) is 3.67. The smallest absolute Gasteiger partial charge is 0.161 e. The van der Waals surface area contributed by atoms with Crippen LogP contribution in [0.1, 0.15) is 47.2 Å². The molecule has 0 unspecified atom stereocenters. The predicted octanol–water partition coefficient (Wildman–Crippen LogP) is 15.5. The summed E-state index contributed by atoms with van der Waals surface area (Å²) in [5.74, 6) is 0.709. The summed E-state index contributed by atoms with van der Waals surface area (Å²) in [4.78, 5) is 10.9. The monoisotopic (exact) mass is 816 g/mol. The fourth-order valence-corrected chi connectivity index (χ4v) is 10.8. The molecular weight excluding hydrogens is 773 g/mol. The third kappa shape index (κ3) is 5.87. The zero-order valence-electron chi connectivity index (χ0n) is 35.8. The summed E-state index contributed by atoms with van der Waals surface area (Å²) in [6.45, 7) is 4.76. The Balaban J connectivity index is 1.17. The van der Waals surface area contributed by atoms with Crippen LogP contribution >= 0.6 is 0 Å². The van der Waals surface area contributed by atoms with Gasteiger partial charge in [0.15, 0.2) is 5.82 Å². The van der Waals surface area contributed by atoms with Crippen LogP contribution in [0.2, 0.25) is 0 Å². The Hall–Kier alpha value is -7.94. The van der Waals surface area contributed by atoms with E-state index >= 15 is 0 Å². The van der Waals surface area contributed by atoms with Gasteiger partial charge in [-0.3, -0.25) is 0 Å². The summed E-state index contributed by atoms with van der Waals surface area (Å²) < 4.78 is 0. The number of hydrogen-bond donors (Lipinski definition) is 0. The second-order valence-corrected chi connectivity index (χ2v) is 17.7. The van der Waals surface area contributed by atoms with Gasteiger partial charge in [-0.05, 0) is 108 Å². The molecule has 9 aromatic carbocycles. The minimum atomic E-state index is -0.581. The number of rotatable bonds is 6. The van der Waals surface area contributed by atoms with Gasteiger partial charge in [0.2, 0.25) is 0 Å². The summed E-state index contributed by atoms with van der Waals surface area (Å²) in [6, 6.07) is 84.0. The molecule has 2 aliphatic rings. The van der Waals surface area contributed by atoms with E-state index < -0.39 is 5.41 Å². The minimum absolute atomic E-state index is 0.206. The van der Waals surface area contributed by atoms with Crippen LogP contribution in [-0.4, -0.2) is 9.97 Å². The molecule has 12 rings (SSSR count). The van der Waals surface area contributed by atoms with Crippen LogP contribution in [0.3, 0.4) is 0 Å². The van der Waals surface area contributed by atoms with E-state index in [-0.39, 0.29) is 5.41 Å². The van der Waals surface area contributed by atoms with Crippen molar-refractivity contribution in [2.45, 2.75) is 24.7 Å². The Morgan fingerprint density at radius 1 is 0.281 bits per heavy atom. The van der Waals surface area contributed by atoms with E-state index in [2.05, 4.69) is 244 Å². The van der Waals surface area contributed by atoms with Gasteiger partial charge in [-0.15, -0.1) is 0 Å². The molecule has 0 amide bonds. The van der Waals surface area contributed by atoms with Crippen LogP contribution in [0.25, 0.3) is 78.4 Å². The van der Waals surface area contributed by atoms with Gasteiger partial charge in [0, 0.05) is 22.1 Å². The van der Waals surface area contributed by atoms with E-state index in [1.54, 1.807) is 0 Å². The standard InChI is InChI=1S/C62H44N2/c1-61(2)52-29-15-17-31-54(52)62(55-32-18-16-30-53(55)61)51-35-34-45(48-37-46(41-20-7-3-8-21-41)36-47(38-48)42-22-9-4-10-23-42)39-50(51)59-49(28-19-33-56(59)62)60-63-57(43-24-11-5-12-25-43)40-58(64-60)44-26-13-6-14-27-44/h3-40H,1-2H3. The van der Waals surface area contributed by atoms with Crippen molar-refractivity contribution in [3.63, 3.8) is 0 Å². The van der Waals surface area contributed by atoms with E-state index in [0.29, 0.717) is 5.82 Å². The molecule has 1 aromatic heterocycles. The molecule has 0 saturated heterocycles. The molecule has 0 radical (unpaired) electrons. The maximum atomic E-state index is 5.45. The van der Waals surface area contributed by atoms with Gasteiger partial charge < -0.3 is 0 Å². The van der Waals surface area contributed by atoms with Gasteiger partial charge in [-0.2, -0.15) is 0 Å². The lowest BCUT2D eigenvalue weighted by molar-refractivity contribution is 0.563. The Bertz CT molecular complexity index is 3220. The van der Waals surface area contributed by atoms with E-state index in [9.17, 15) is 0 Å². The lowest BCUT2D eigenvalue weighted by atomic mass is 9.55. The summed E-state index contributed by atoms with van der Waals surface area (Å²) in [7, 11) is 0. The molecule has 0 atom stereocenters. The fourth-order valence-electron chi connectivity index (χ4n) is 10.8. The molecule has 2 aliphatic carbocycles. The first kappa shape index (κ1) is 37.8. The van der Waals surface area contributed by atoms with Crippen LogP contribution in [0.4, 0.5) is 0 Å². The number of nitrogens with zero attached hydrogens (tertiary/aromatic N) is 2. The van der Waals surface area contributed by atoms with Crippen molar-refractivity contribution in [1.82, 2.24) is 9.97 Å². The van der Waals surface area contributed by atoms with Gasteiger partial charge in [0.05, 0.1) is 16.8 Å². The van der Waals surface area contributed by atoms with Gasteiger partial charge >= 0.3 is 0 Å². The number of fused-ring (bicyclic) bond motifs is 9. The van der Waals surface area contributed by atoms with Crippen molar-refractivity contribution in [3.05, 3.63) is 264 Å². The van der Waals surface area contributed by atoms with E-state index in [1.807, 2.05) is 0 Å². The van der Waals surface area contributed by atoms with Crippen molar-refractivity contribution in [1.29, 1.82) is 0 Å². The minimum Gasteiger partial charge on any atom is -0.228 e. The summed E-state index contributed by atoms with van der Waals surface area (Å²) in [6.07, 6.45) is 0. The lowest BCUT2D eigenvalue weighted by Gasteiger charge is -2.46. The summed E-state index contributed by atoms with van der Waals surface area (Å²) in [5, 5.41) is 0. The van der Waals surface area contributed by atoms with Crippen LogP contribution in [-0.2, 0) is 10.8 Å². The van der Waals surface area contributed by atoms with Crippen molar-refractivity contribution < 1.29 is 0 Å². The second-order valence-electron chi connectivity index (χ2n) is 17.7. The average molecular weight is 817 g/mol. The molecule has 0 fully saturated rings. The normalized spacial score (nSPS) is 13.7. The van der Waals surface area contributed by atoms with Crippen LogP contribution in [0.15, 0.2) is 231 Å². The van der Waals surface area contributed by atoms with E-state index in [4.69, 9.17) is 9.97 Å². The van der Waals surface area contributed by atoms with Crippen LogP contribution in [0.5, 0.6) is 0 Å². The number of hydrogen-bond acceptors (Lipinski definition) is 2. The Labute approximate surface area is 375 Å². The van der Waals surface area contributed by atoms with Crippen LogP contribution < -0.4 is 0 Å². The Morgan fingerprint density at radius 2 is 0.703 bits per heavy atom. The molecule has 1 heterocycles. The summed E-state index contributed by atoms with van der Waals surface area (Å²) >= 11 is 0. The quantitative estimate of drug-likeness (QED) is 0.167. The van der Waals surface area contributed by atoms with Crippen molar-refractivity contribution >= 4 is 0 Å². The lowest BCUT2D eigenvalue weighted by Crippen LogP contribution is -2.40. The summed E-state index contributed by atoms with van der Waals surface area (Å²) in [5.41, 5.74) is 21.5. The van der Waals surface area contributed by atoms with Gasteiger partial charge in [-0.25, -0.2) is 9.97 Å². The topological polar surface area (TPSA) is 25.8 Å². The van der Waals surface area contributed by atoms with Gasteiger partial charge in [-0.1, -0.05) is 214 Å². The molecule has 0 aliphatic heterocycles. The molecule has 1 spiro atoms. The maximum Gasteiger partial charge on any atom is 0.161 e. The molecule has 0 saturated carbocycles. The highest BCUT2D eigenvalue weighted by atomic mass is 14.9. The third-order valence-corrected chi connectivity index (χ3v) is 13.8. The van der Waals surface area contributed by atoms with E-state index in [0.717, 1.165) is 33.6 Å². The Kier molecular flexibility index (Phi) is 8.77. The second kappa shape index (κ2) is 14.9. The molecular formula is C62H44N2. The number of benzene rings is 9. The fraction of sp³-hybridized carbons (Fsp3) is 0.0645. The predicted molar refractivity (Wildman–Crippen MR) is 264 cm³/mol. The van der Waals surface area contributed by atoms with Crippen molar-refractivity contribution in [2.24, 2.45) is 0 Å². The highest BCUT2D eigenvalue weighted by Crippen LogP contribution is 2.63. The molecule has 302 valence electrons. The van der Waals surface area contributed by atoms with Crippen molar-refractivity contribution in [3.8, 4) is 78.4 Å². The van der Waals surface area contributed by atoms with E-state index in [1.165, 1.54) is 72.3 Å². The number of aromatic nitrogens is 2. The maximum absolute atomic E-state index is 5.45.